The number of hydrogen-bond donors (Lipinski definition) is 1. The number of nitrogens with zero attached hydrogens (tertiary/aromatic N) is 2. The van der Waals surface area contributed by atoms with Crippen molar-refractivity contribution in [2.45, 2.75) is 13.5 Å². The number of nitro benzene ring substituents is 1. The Labute approximate surface area is 160 Å². The number of halogens is 1. The minimum absolute atomic E-state index is 0.122. The second kappa shape index (κ2) is 8.26. The number of aromatic nitrogens is 1. The summed E-state index contributed by atoms with van der Waals surface area (Å²) in [6, 6.07) is 14.7. The summed E-state index contributed by atoms with van der Waals surface area (Å²) in [6.07, 6.45) is 1.39. The first-order valence-electron chi connectivity index (χ1n) is 8.32. The van der Waals surface area contributed by atoms with Crippen molar-refractivity contribution in [1.82, 2.24) is 4.98 Å². The highest BCUT2D eigenvalue weighted by molar-refractivity contribution is 6.04. The molecule has 2 aromatic carbocycles. The summed E-state index contributed by atoms with van der Waals surface area (Å²) in [5.41, 5.74) is 0.612. The molecule has 0 aliphatic carbocycles. The number of carbonyl (C=O) groups excluding carboxylic acids is 1. The third-order valence-corrected chi connectivity index (χ3v) is 4.00. The Morgan fingerprint density at radius 1 is 1.21 bits per heavy atom. The first-order valence-corrected chi connectivity index (χ1v) is 8.32. The predicted octanol–water partition coefficient (Wildman–Crippen LogP) is 4.27. The van der Waals surface area contributed by atoms with Crippen LogP contribution < -0.4 is 10.1 Å². The van der Waals surface area contributed by atoms with Crippen LogP contribution in [-0.4, -0.2) is 15.8 Å². The number of hydrogen-bond acceptors (Lipinski definition) is 5. The predicted molar refractivity (Wildman–Crippen MR) is 101 cm³/mol. The van der Waals surface area contributed by atoms with E-state index in [0.29, 0.717) is 18.2 Å². The number of benzene rings is 2. The summed E-state index contributed by atoms with van der Waals surface area (Å²) in [4.78, 5) is 26.7. The zero-order valence-electron chi connectivity index (χ0n) is 14.9. The van der Waals surface area contributed by atoms with Gasteiger partial charge in [-0.15, -0.1) is 0 Å². The first kappa shape index (κ1) is 19.0. The molecule has 0 aliphatic rings. The minimum Gasteiger partial charge on any atom is -0.473 e. The Balaban J connectivity index is 1.67. The van der Waals surface area contributed by atoms with E-state index in [2.05, 4.69) is 10.3 Å². The number of ether oxygens (including phenoxy) is 1. The van der Waals surface area contributed by atoms with Crippen molar-refractivity contribution in [3.8, 4) is 5.88 Å². The lowest BCUT2D eigenvalue weighted by molar-refractivity contribution is -0.385. The molecular formula is C20H16FN3O4. The summed E-state index contributed by atoms with van der Waals surface area (Å²) < 4.78 is 19.4. The number of anilines is 1. The molecule has 7 nitrogen and oxygen atoms in total. The summed E-state index contributed by atoms with van der Waals surface area (Å²) >= 11 is 0. The molecule has 0 radical (unpaired) electrons. The summed E-state index contributed by atoms with van der Waals surface area (Å²) in [5.74, 6) is -1.12. The molecule has 3 aromatic rings. The van der Waals surface area contributed by atoms with Crippen LogP contribution in [0.5, 0.6) is 5.88 Å². The Kier molecular flexibility index (Phi) is 5.59. The fourth-order valence-corrected chi connectivity index (χ4v) is 2.46. The molecule has 0 spiro atoms. The number of amides is 1. The van der Waals surface area contributed by atoms with Gasteiger partial charge < -0.3 is 10.1 Å². The Hall–Kier alpha value is -3.81. The highest BCUT2D eigenvalue weighted by Gasteiger charge is 2.19. The molecule has 8 heteroatoms. The summed E-state index contributed by atoms with van der Waals surface area (Å²) in [5, 5.41) is 13.5. The van der Waals surface area contributed by atoms with Gasteiger partial charge in [-0.05, 0) is 24.6 Å². The second-order valence-corrected chi connectivity index (χ2v) is 5.97. The number of nitrogens with one attached hydrogen (secondary N) is 1. The molecule has 142 valence electrons. The molecule has 0 unspecified atom stereocenters. The first-order chi connectivity index (χ1) is 13.4. The smallest absolute Gasteiger partial charge is 0.276 e. The lowest BCUT2D eigenvalue weighted by Gasteiger charge is -2.08. The Morgan fingerprint density at radius 3 is 2.61 bits per heavy atom. The van der Waals surface area contributed by atoms with Gasteiger partial charge in [-0.25, -0.2) is 9.37 Å². The molecule has 3 rings (SSSR count). The summed E-state index contributed by atoms with van der Waals surface area (Å²) in [7, 11) is 0. The van der Waals surface area contributed by atoms with Crippen LogP contribution >= 0.6 is 0 Å². The largest absolute Gasteiger partial charge is 0.473 e. The standard InChI is InChI=1S/C20H16FN3O4/c1-13-17(21)9-15(10-18(13)24(26)27)20(25)23-16-7-8-19(22-11-16)28-12-14-5-3-2-4-6-14/h2-11H,12H2,1H3,(H,23,25). The molecule has 1 heterocycles. The van der Waals surface area contributed by atoms with Crippen molar-refractivity contribution in [1.29, 1.82) is 0 Å². The van der Waals surface area contributed by atoms with E-state index in [0.717, 1.165) is 17.7 Å². The van der Waals surface area contributed by atoms with E-state index in [1.165, 1.54) is 13.1 Å². The molecule has 0 bridgehead atoms. The fraction of sp³-hybridized carbons (Fsp3) is 0.100. The van der Waals surface area contributed by atoms with Gasteiger partial charge in [0.1, 0.15) is 12.4 Å². The molecule has 0 saturated carbocycles. The van der Waals surface area contributed by atoms with Gasteiger partial charge in [0.05, 0.1) is 22.4 Å². The maximum atomic E-state index is 13.9. The number of carbonyl (C=O) groups is 1. The molecule has 0 fully saturated rings. The van der Waals surface area contributed by atoms with E-state index >= 15 is 0 Å². The van der Waals surface area contributed by atoms with E-state index in [-0.39, 0.29) is 11.1 Å². The Morgan fingerprint density at radius 2 is 1.96 bits per heavy atom. The van der Waals surface area contributed by atoms with E-state index in [1.54, 1.807) is 12.1 Å². The molecule has 1 amide bonds. The Bertz CT molecular complexity index is 1010. The van der Waals surface area contributed by atoms with Gasteiger partial charge in [-0.3, -0.25) is 14.9 Å². The van der Waals surface area contributed by atoms with Crippen LogP contribution in [0.25, 0.3) is 0 Å². The molecule has 1 aromatic heterocycles. The van der Waals surface area contributed by atoms with Crippen LogP contribution in [0.15, 0.2) is 60.8 Å². The average molecular weight is 381 g/mol. The van der Waals surface area contributed by atoms with Crippen LogP contribution in [0.4, 0.5) is 15.8 Å². The molecule has 0 saturated heterocycles. The van der Waals surface area contributed by atoms with Crippen molar-refractivity contribution in [3.63, 3.8) is 0 Å². The van der Waals surface area contributed by atoms with E-state index in [4.69, 9.17) is 4.74 Å². The van der Waals surface area contributed by atoms with Crippen LogP contribution in [0.2, 0.25) is 0 Å². The van der Waals surface area contributed by atoms with E-state index in [1.807, 2.05) is 30.3 Å². The lowest BCUT2D eigenvalue weighted by Crippen LogP contribution is -2.13. The van der Waals surface area contributed by atoms with Gasteiger partial charge in [0.2, 0.25) is 5.88 Å². The average Bonchev–Trinajstić information content (AvgIpc) is 2.70. The topological polar surface area (TPSA) is 94.4 Å². The maximum Gasteiger partial charge on any atom is 0.276 e. The highest BCUT2D eigenvalue weighted by Crippen LogP contribution is 2.23. The molecule has 0 aliphatic heterocycles. The summed E-state index contributed by atoms with van der Waals surface area (Å²) in [6.45, 7) is 1.64. The minimum atomic E-state index is -0.817. The SMILES string of the molecule is Cc1c(F)cc(C(=O)Nc2ccc(OCc3ccccc3)nc2)cc1[N+](=O)[O-]. The fourth-order valence-electron chi connectivity index (χ4n) is 2.46. The third kappa shape index (κ3) is 4.47. The molecular weight excluding hydrogens is 365 g/mol. The zero-order valence-corrected chi connectivity index (χ0v) is 14.9. The molecule has 28 heavy (non-hydrogen) atoms. The maximum absolute atomic E-state index is 13.9. The van der Waals surface area contributed by atoms with Crippen LogP contribution in [0, 0.1) is 22.9 Å². The van der Waals surface area contributed by atoms with Gasteiger partial charge in [-0.2, -0.15) is 0 Å². The highest BCUT2D eigenvalue weighted by atomic mass is 19.1. The lowest BCUT2D eigenvalue weighted by atomic mass is 10.1. The van der Waals surface area contributed by atoms with Crippen molar-refractivity contribution in [3.05, 3.63) is 93.4 Å². The van der Waals surface area contributed by atoms with Crippen LogP contribution in [0.1, 0.15) is 21.5 Å². The number of nitro groups is 1. The van der Waals surface area contributed by atoms with Gasteiger partial charge in [0.15, 0.2) is 0 Å². The van der Waals surface area contributed by atoms with Crippen molar-refractivity contribution in [2.24, 2.45) is 0 Å². The molecule has 1 N–H and O–H groups in total. The normalized spacial score (nSPS) is 10.4. The van der Waals surface area contributed by atoms with Gasteiger partial charge in [-0.1, -0.05) is 30.3 Å². The second-order valence-electron chi connectivity index (χ2n) is 5.97. The van der Waals surface area contributed by atoms with Crippen molar-refractivity contribution >= 4 is 17.3 Å². The number of pyridine rings is 1. The van der Waals surface area contributed by atoms with Crippen molar-refractivity contribution in [2.75, 3.05) is 5.32 Å². The van der Waals surface area contributed by atoms with Crippen LogP contribution in [0.3, 0.4) is 0 Å². The van der Waals surface area contributed by atoms with Gasteiger partial charge in [0, 0.05) is 17.7 Å². The van der Waals surface area contributed by atoms with Gasteiger partial charge in [0.25, 0.3) is 11.6 Å². The monoisotopic (exact) mass is 381 g/mol. The quantitative estimate of drug-likeness (QED) is 0.508. The van der Waals surface area contributed by atoms with E-state index in [9.17, 15) is 19.3 Å². The van der Waals surface area contributed by atoms with E-state index < -0.39 is 22.3 Å². The zero-order chi connectivity index (χ0) is 20.1. The number of rotatable bonds is 6. The molecule has 0 atom stereocenters. The van der Waals surface area contributed by atoms with Crippen LogP contribution in [-0.2, 0) is 6.61 Å². The van der Waals surface area contributed by atoms with Crippen molar-refractivity contribution < 1.29 is 18.8 Å². The van der Waals surface area contributed by atoms with Gasteiger partial charge >= 0.3 is 0 Å². The third-order valence-electron chi connectivity index (χ3n) is 4.00.